The maximum absolute atomic E-state index is 13.7. The van der Waals surface area contributed by atoms with Crippen molar-refractivity contribution in [3.05, 3.63) is 74.0 Å². The second-order valence-corrected chi connectivity index (χ2v) is 9.85. The lowest BCUT2D eigenvalue weighted by atomic mass is 9.98. The highest BCUT2D eigenvalue weighted by Gasteiger charge is 2.44. The van der Waals surface area contributed by atoms with Gasteiger partial charge in [-0.1, -0.05) is 47.8 Å². The summed E-state index contributed by atoms with van der Waals surface area (Å²) in [7, 11) is 0. The van der Waals surface area contributed by atoms with Gasteiger partial charge in [0, 0.05) is 17.6 Å². The molecule has 3 aromatic rings. The second kappa shape index (κ2) is 9.92. The van der Waals surface area contributed by atoms with Crippen LogP contribution in [-0.4, -0.2) is 36.7 Å². The fourth-order valence-corrected chi connectivity index (χ4v) is 5.21. The van der Waals surface area contributed by atoms with Gasteiger partial charge in [0.15, 0.2) is 5.43 Å². The van der Waals surface area contributed by atoms with E-state index in [-0.39, 0.29) is 23.2 Å². The first-order chi connectivity index (χ1) is 16.6. The zero-order valence-corrected chi connectivity index (χ0v) is 20.8. The van der Waals surface area contributed by atoms with Crippen molar-refractivity contribution < 1.29 is 18.7 Å². The van der Waals surface area contributed by atoms with Crippen LogP contribution in [0.25, 0.3) is 11.0 Å². The Kier molecular flexibility index (Phi) is 6.75. The zero-order chi connectivity index (χ0) is 23.7. The van der Waals surface area contributed by atoms with Crippen molar-refractivity contribution in [3.8, 4) is 5.75 Å². The van der Waals surface area contributed by atoms with Crippen LogP contribution in [0, 0.1) is 0 Å². The summed E-state index contributed by atoms with van der Waals surface area (Å²) in [5, 5.41) is 0.455. The van der Waals surface area contributed by atoms with E-state index in [0.717, 1.165) is 47.9 Å². The Hall–Kier alpha value is -2.64. The average Bonchev–Trinajstić information content (AvgIpc) is 3.45. The molecule has 2 aliphatic heterocycles. The molecule has 34 heavy (non-hydrogen) atoms. The summed E-state index contributed by atoms with van der Waals surface area (Å²) < 4.78 is 18.6. The number of carbonyl (C=O) groups excluding carboxylic acids is 1. The van der Waals surface area contributed by atoms with Crippen molar-refractivity contribution in [2.24, 2.45) is 0 Å². The smallest absolute Gasteiger partial charge is 0.291 e. The Balaban J connectivity index is 1.58. The predicted molar refractivity (Wildman–Crippen MR) is 133 cm³/mol. The molecule has 0 N–H and O–H groups in total. The molecule has 0 radical (unpaired) electrons. The average molecular weight is 526 g/mol. The molecule has 1 saturated heterocycles. The number of hydrogen-bond donors (Lipinski definition) is 0. The fourth-order valence-electron chi connectivity index (χ4n) is 4.85. The van der Waals surface area contributed by atoms with Crippen LogP contribution in [0.15, 0.2) is 56.1 Å². The Morgan fingerprint density at radius 2 is 2.03 bits per heavy atom. The molecule has 1 aromatic heterocycles. The van der Waals surface area contributed by atoms with Crippen LogP contribution in [0.5, 0.6) is 5.75 Å². The van der Waals surface area contributed by atoms with E-state index in [0.29, 0.717) is 36.3 Å². The van der Waals surface area contributed by atoms with E-state index in [9.17, 15) is 9.59 Å². The third-order valence-electron chi connectivity index (χ3n) is 6.54. The lowest BCUT2D eigenvalue weighted by Gasteiger charge is -2.27. The molecule has 0 saturated carbocycles. The molecule has 7 heteroatoms. The molecule has 3 heterocycles. The molecule has 2 aromatic carbocycles. The molecule has 178 valence electrons. The van der Waals surface area contributed by atoms with Crippen molar-refractivity contribution in [2.45, 2.75) is 51.2 Å². The summed E-state index contributed by atoms with van der Waals surface area (Å²) in [5.41, 5.74) is 1.45. The maximum Gasteiger partial charge on any atom is 0.291 e. The number of hydrogen-bond acceptors (Lipinski definition) is 5. The van der Waals surface area contributed by atoms with Crippen LogP contribution >= 0.6 is 15.9 Å². The van der Waals surface area contributed by atoms with Crippen molar-refractivity contribution >= 4 is 32.8 Å². The quantitative estimate of drug-likeness (QED) is 0.345. The third-order valence-corrected chi connectivity index (χ3v) is 7.04. The number of rotatable bonds is 8. The molecule has 5 rings (SSSR count). The highest BCUT2D eigenvalue weighted by molar-refractivity contribution is 9.10. The summed E-state index contributed by atoms with van der Waals surface area (Å²) in [6.45, 7) is 3.90. The number of benzene rings is 2. The molecule has 2 unspecified atom stereocenters. The van der Waals surface area contributed by atoms with Gasteiger partial charge < -0.3 is 18.8 Å². The maximum atomic E-state index is 13.7. The molecular weight excluding hydrogens is 498 g/mol. The minimum Gasteiger partial charge on any atom is -0.494 e. The van der Waals surface area contributed by atoms with Crippen LogP contribution in [0.3, 0.4) is 0 Å². The fraction of sp³-hybridized carbons (Fsp3) is 0.407. The van der Waals surface area contributed by atoms with E-state index in [1.165, 1.54) is 0 Å². The lowest BCUT2D eigenvalue weighted by molar-refractivity contribution is 0.0486. The van der Waals surface area contributed by atoms with Gasteiger partial charge in [-0.05, 0) is 55.2 Å². The molecule has 6 nitrogen and oxygen atoms in total. The van der Waals surface area contributed by atoms with Gasteiger partial charge in [0.2, 0.25) is 5.76 Å². The molecule has 0 bridgehead atoms. The molecule has 1 amide bonds. The number of carbonyl (C=O) groups is 1. The van der Waals surface area contributed by atoms with Gasteiger partial charge >= 0.3 is 0 Å². The minimum absolute atomic E-state index is 0.0482. The van der Waals surface area contributed by atoms with E-state index in [2.05, 4.69) is 22.9 Å². The number of nitrogens with zero attached hydrogens (tertiary/aromatic N) is 1. The van der Waals surface area contributed by atoms with Gasteiger partial charge in [-0.2, -0.15) is 0 Å². The van der Waals surface area contributed by atoms with Crippen LogP contribution in [0.2, 0.25) is 0 Å². The van der Waals surface area contributed by atoms with Crippen molar-refractivity contribution in [3.63, 3.8) is 0 Å². The monoisotopic (exact) mass is 525 g/mol. The minimum atomic E-state index is -0.550. The van der Waals surface area contributed by atoms with Crippen LogP contribution < -0.4 is 10.2 Å². The van der Waals surface area contributed by atoms with Gasteiger partial charge in [0.1, 0.15) is 11.3 Å². The standard InChI is InChI=1S/C27H28BrNO5/c1-2-3-4-12-32-19-8-5-7-17(14-19)24-23-25(30)21-15-18(28)10-11-22(21)34-26(23)27(31)29(24)16-20-9-6-13-33-20/h5,7-8,10-11,14-15,20,24H,2-4,6,9,12-13,16H2,1H3. The molecular formula is C27H28BrNO5. The predicted octanol–water partition coefficient (Wildman–Crippen LogP) is 5.85. The van der Waals surface area contributed by atoms with Crippen LogP contribution in [-0.2, 0) is 4.74 Å². The van der Waals surface area contributed by atoms with E-state index >= 15 is 0 Å². The van der Waals surface area contributed by atoms with E-state index in [1.54, 1.807) is 23.1 Å². The number of amides is 1. The molecule has 0 aliphatic carbocycles. The topological polar surface area (TPSA) is 69.0 Å². The largest absolute Gasteiger partial charge is 0.494 e. The highest BCUT2D eigenvalue weighted by Crippen LogP contribution is 2.40. The molecule has 2 atom stereocenters. The second-order valence-electron chi connectivity index (χ2n) is 8.94. The Morgan fingerprint density at radius 3 is 2.82 bits per heavy atom. The number of halogens is 1. The SMILES string of the molecule is CCCCCOc1cccc(C2c3c(oc4ccc(Br)cc4c3=O)C(=O)N2CC2CCCO2)c1. The summed E-state index contributed by atoms with van der Waals surface area (Å²) >= 11 is 3.44. The number of ether oxygens (including phenoxy) is 2. The summed E-state index contributed by atoms with van der Waals surface area (Å²) in [5.74, 6) is 0.586. The van der Waals surface area contributed by atoms with Gasteiger partial charge in [-0.15, -0.1) is 0 Å². The molecule has 2 aliphatic rings. The first kappa shape index (κ1) is 23.1. The van der Waals surface area contributed by atoms with Gasteiger partial charge in [0.05, 0.1) is 29.7 Å². The normalized spacial score (nSPS) is 19.7. The summed E-state index contributed by atoms with van der Waals surface area (Å²) in [6, 6.07) is 12.4. The summed E-state index contributed by atoms with van der Waals surface area (Å²) in [4.78, 5) is 29.0. The molecule has 1 fully saturated rings. The Morgan fingerprint density at radius 1 is 1.15 bits per heavy atom. The van der Waals surface area contributed by atoms with Gasteiger partial charge in [0.25, 0.3) is 5.91 Å². The Labute approximate surface area is 207 Å². The van der Waals surface area contributed by atoms with Crippen molar-refractivity contribution in [2.75, 3.05) is 19.8 Å². The number of fused-ring (bicyclic) bond motifs is 2. The van der Waals surface area contributed by atoms with Gasteiger partial charge in [-0.25, -0.2) is 0 Å². The van der Waals surface area contributed by atoms with Crippen molar-refractivity contribution in [1.82, 2.24) is 4.90 Å². The lowest BCUT2D eigenvalue weighted by Crippen LogP contribution is -2.36. The van der Waals surface area contributed by atoms with Crippen LogP contribution in [0.1, 0.15) is 66.8 Å². The molecule has 0 spiro atoms. The third kappa shape index (κ3) is 4.39. The van der Waals surface area contributed by atoms with Crippen LogP contribution in [0.4, 0.5) is 0 Å². The van der Waals surface area contributed by atoms with Crippen molar-refractivity contribution in [1.29, 1.82) is 0 Å². The Bertz CT molecular complexity index is 1260. The van der Waals surface area contributed by atoms with Gasteiger partial charge in [-0.3, -0.25) is 9.59 Å². The summed E-state index contributed by atoms with van der Waals surface area (Å²) in [6.07, 6.45) is 5.05. The van der Waals surface area contributed by atoms with E-state index in [1.807, 2.05) is 24.3 Å². The number of unbranched alkanes of at least 4 members (excludes halogenated alkanes) is 2. The van der Waals surface area contributed by atoms with E-state index in [4.69, 9.17) is 13.9 Å². The highest BCUT2D eigenvalue weighted by atomic mass is 79.9. The van der Waals surface area contributed by atoms with E-state index < -0.39 is 6.04 Å². The zero-order valence-electron chi connectivity index (χ0n) is 19.2. The first-order valence-corrected chi connectivity index (χ1v) is 12.8. The first-order valence-electron chi connectivity index (χ1n) is 12.0.